The van der Waals surface area contributed by atoms with E-state index < -0.39 is 0 Å². The number of rotatable bonds is 9. The van der Waals surface area contributed by atoms with Crippen LogP contribution in [0.5, 0.6) is 0 Å². The molecule has 3 aromatic heterocycles. The molecule has 0 aliphatic carbocycles. The molecule has 0 saturated carbocycles. The average molecular weight is 1130 g/mol. The fourth-order valence-electron chi connectivity index (χ4n) is 12.3. The van der Waals surface area contributed by atoms with E-state index in [0.717, 1.165) is 89.1 Å². The molecule has 0 N–H and O–H groups in total. The largest absolute Gasteiger partial charge is 0.310 e. The van der Waals surface area contributed by atoms with Crippen LogP contribution in [0.4, 0.5) is 17.1 Å². The number of hydrogen-bond acceptors (Lipinski definition) is 5. The number of nitrogens with zero attached hydrogens (tertiary/aromatic N) is 7. The zero-order valence-electron chi connectivity index (χ0n) is 52.0. The zero-order chi connectivity index (χ0) is 60.7. The van der Waals surface area contributed by atoms with E-state index in [4.69, 9.17) is 15.0 Å². The van der Waals surface area contributed by atoms with Gasteiger partial charge in [-0.05, 0) is 165 Å². The zero-order valence-corrected chi connectivity index (χ0v) is 52.0. The van der Waals surface area contributed by atoms with Crippen molar-refractivity contribution in [1.29, 1.82) is 5.26 Å². The third kappa shape index (κ3) is 10.4. The average Bonchev–Trinajstić information content (AvgIpc) is 1.66. The quantitative estimate of drug-likeness (QED) is 0.144. The Balaban J connectivity index is 1.10. The van der Waals surface area contributed by atoms with Crippen LogP contribution in [0, 0.1) is 11.3 Å². The highest BCUT2D eigenvalue weighted by Crippen LogP contribution is 2.45. The Morgan fingerprint density at radius 3 is 1.21 bits per heavy atom. The summed E-state index contributed by atoms with van der Waals surface area (Å²) in [4.78, 5) is 19.0. The van der Waals surface area contributed by atoms with Gasteiger partial charge >= 0.3 is 0 Å². The predicted octanol–water partition coefficient (Wildman–Crippen LogP) is 21.3. The summed E-state index contributed by atoms with van der Waals surface area (Å²) in [7, 11) is 0. The van der Waals surface area contributed by atoms with E-state index in [9.17, 15) is 5.26 Å². The molecule has 13 rings (SSSR count). The van der Waals surface area contributed by atoms with E-state index in [2.05, 4.69) is 316 Å². The van der Waals surface area contributed by atoms with Gasteiger partial charge in [0.15, 0.2) is 17.5 Å². The van der Waals surface area contributed by atoms with Crippen LogP contribution in [0.1, 0.15) is 111 Å². The van der Waals surface area contributed by atoms with Crippen molar-refractivity contribution < 1.29 is 0 Å². The molecule has 0 bridgehead atoms. The summed E-state index contributed by atoms with van der Waals surface area (Å²) < 4.78 is 4.80. The second-order valence-corrected chi connectivity index (χ2v) is 27.4. The van der Waals surface area contributed by atoms with Crippen molar-refractivity contribution in [2.45, 2.75) is 105 Å². The maximum absolute atomic E-state index is 10.5. The molecule has 0 amide bonds. The first-order valence-corrected chi connectivity index (χ1v) is 30.3. The predicted molar refractivity (Wildman–Crippen MR) is 364 cm³/mol. The van der Waals surface area contributed by atoms with Gasteiger partial charge in [0.25, 0.3) is 0 Å². The first-order valence-electron chi connectivity index (χ1n) is 30.3. The molecule has 0 fully saturated rings. The molecule has 0 aliphatic rings. The summed E-state index contributed by atoms with van der Waals surface area (Å²) in [6.45, 7) is 27.3. The first kappa shape index (κ1) is 56.2. The van der Waals surface area contributed by atoms with E-state index in [1.54, 1.807) is 0 Å². The Morgan fingerprint density at radius 1 is 0.322 bits per heavy atom. The molecule has 13 aromatic rings. The van der Waals surface area contributed by atoms with Crippen molar-refractivity contribution in [3.63, 3.8) is 0 Å². The summed E-state index contributed by atoms with van der Waals surface area (Å²) in [5.41, 5.74) is 19.0. The lowest BCUT2D eigenvalue weighted by Crippen LogP contribution is -2.17. The van der Waals surface area contributed by atoms with Gasteiger partial charge in [-0.25, -0.2) is 15.0 Å². The van der Waals surface area contributed by atoms with Crippen LogP contribution < -0.4 is 4.90 Å². The van der Waals surface area contributed by atoms with Crippen molar-refractivity contribution in [1.82, 2.24) is 24.1 Å². The lowest BCUT2D eigenvalue weighted by atomic mass is 9.79. The number of nitriles is 1. The molecule has 0 saturated heterocycles. The van der Waals surface area contributed by atoms with E-state index in [-0.39, 0.29) is 21.7 Å². The van der Waals surface area contributed by atoms with Crippen LogP contribution >= 0.6 is 0 Å². The van der Waals surface area contributed by atoms with E-state index in [1.165, 1.54) is 33.0 Å². The highest BCUT2D eigenvalue weighted by molar-refractivity contribution is 6.13. The Hall–Kier alpha value is -9.90. The number of fused-ring (bicyclic) bond motifs is 6. The van der Waals surface area contributed by atoms with Gasteiger partial charge in [-0.3, -0.25) is 0 Å². The second-order valence-electron chi connectivity index (χ2n) is 27.4. The van der Waals surface area contributed by atoms with Gasteiger partial charge < -0.3 is 14.0 Å². The number of hydrogen-bond donors (Lipinski definition) is 0. The van der Waals surface area contributed by atoms with Gasteiger partial charge in [0, 0.05) is 66.4 Å². The van der Waals surface area contributed by atoms with Crippen molar-refractivity contribution in [3.8, 4) is 62.7 Å². The van der Waals surface area contributed by atoms with Crippen molar-refractivity contribution in [3.05, 3.63) is 252 Å². The van der Waals surface area contributed by atoms with Crippen LogP contribution in [0.2, 0.25) is 0 Å². The van der Waals surface area contributed by atoms with E-state index in [0.29, 0.717) is 23.0 Å². The minimum absolute atomic E-state index is 0.135. The van der Waals surface area contributed by atoms with Crippen molar-refractivity contribution >= 4 is 60.7 Å². The third-order valence-corrected chi connectivity index (χ3v) is 17.2. The molecule has 3 heterocycles. The standard InChI is InChI=1S/C80H73N7/c1-77(2,3)55-42-53(43-56(47-55)78(4,5)6)75-82-74(83-76(84-75)54-44-57(79(7,8)9)48-58(45-54)80(10,11)12)52-36-39-72(86-68-32-22-19-29-62(68)63-30-20-23-33-69(63)86)66(46-52)64-31-21-24-34-70(64)87-71-38-35-51(50-81)41-65(71)67-49-61(37-40-73(67)87)85(59-25-15-13-16-26-59)60-27-17-14-18-28-60/h13-49H,1-12H3. The molecule has 0 aliphatic heterocycles. The van der Waals surface area contributed by atoms with Crippen LogP contribution in [0.3, 0.4) is 0 Å². The Kier molecular flexibility index (Phi) is 13.7. The highest BCUT2D eigenvalue weighted by Gasteiger charge is 2.28. The van der Waals surface area contributed by atoms with E-state index >= 15 is 0 Å². The molecule has 87 heavy (non-hydrogen) atoms. The third-order valence-electron chi connectivity index (χ3n) is 17.2. The first-order chi connectivity index (χ1) is 41.6. The minimum Gasteiger partial charge on any atom is -0.310 e. The molecule has 428 valence electrons. The molecule has 7 nitrogen and oxygen atoms in total. The molecule has 0 spiro atoms. The minimum atomic E-state index is -0.135. The SMILES string of the molecule is CC(C)(C)c1cc(-c2nc(-c3cc(C(C)(C)C)cc(C(C)(C)C)c3)nc(-c3ccc(-n4c5ccccc5c5ccccc54)c(-c4ccccc4-n4c5ccc(C#N)cc5c5cc(N(c6ccccc6)c6ccccc6)ccc54)c3)n2)cc(C(C)(C)C)c1. The Morgan fingerprint density at radius 2 is 0.724 bits per heavy atom. The lowest BCUT2D eigenvalue weighted by Gasteiger charge is -2.26. The molecular weight excluding hydrogens is 1060 g/mol. The Labute approximate surface area is 511 Å². The maximum atomic E-state index is 10.5. The lowest BCUT2D eigenvalue weighted by molar-refractivity contribution is 0.568. The normalized spacial score (nSPS) is 12.4. The summed E-state index contributed by atoms with van der Waals surface area (Å²) in [5.74, 6) is 1.82. The topological polar surface area (TPSA) is 75.6 Å². The van der Waals surface area contributed by atoms with Crippen molar-refractivity contribution in [2.75, 3.05) is 4.90 Å². The number of benzene rings is 10. The number of para-hydroxylation sites is 5. The molecular formula is C80H73N7. The van der Waals surface area contributed by atoms with Crippen LogP contribution in [0.15, 0.2) is 224 Å². The molecule has 10 aromatic carbocycles. The smallest absolute Gasteiger partial charge is 0.164 e. The fourth-order valence-corrected chi connectivity index (χ4v) is 12.3. The fraction of sp³-hybridized carbons (Fsp3) is 0.200. The Bertz CT molecular complexity index is 4600. The number of anilines is 3. The monoisotopic (exact) mass is 1130 g/mol. The van der Waals surface area contributed by atoms with Crippen molar-refractivity contribution in [2.24, 2.45) is 0 Å². The van der Waals surface area contributed by atoms with Crippen LogP contribution in [-0.2, 0) is 21.7 Å². The molecule has 0 atom stereocenters. The van der Waals surface area contributed by atoms with E-state index in [1.807, 2.05) is 12.1 Å². The van der Waals surface area contributed by atoms with Gasteiger partial charge in [0.1, 0.15) is 0 Å². The van der Waals surface area contributed by atoms with Gasteiger partial charge in [-0.2, -0.15) is 5.26 Å². The van der Waals surface area contributed by atoms with Crippen LogP contribution in [-0.4, -0.2) is 24.1 Å². The van der Waals surface area contributed by atoms with Gasteiger partial charge in [0.2, 0.25) is 0 Å². The van der Waals surface area contributed by atoms with Crippen LogP contribution in [0.25, 0.3) is 100 Å². The highest BCUT2D eigenvalue weighted by atomic mass is 15.1. The molecule has 7 heteroatoms. The summed E-state index contributed by atoms with van der Waals surface area (Å²) in [6, 6.07) is 83.0. The summed E-state index contributed by atoms with van der Waals surface area (Å²) in [6.07, 6.45) is 0. The summed E-state index contributed by atoms with van der Waals surface area (Å²) >= 11 is 0. The number of aromatic nitrogens is 5. The van der Waals surface area contributed by atoms with Gasteiger partial charge in [-0.15, -0.1) is 0 Å². The maximum Gasteiger partial charge on any atom is 0.164 e. The summed E-state index contributed by atoms with van der Waals surface area (Å²) in [5, 5.41) is 14.8. The molecule has 0 radical (unpaired) electrons. The second kappa shape index (κ2) is 21.3. The van der Waals surface area contributed by atoms with Gasteiger partial charge in [0.05, 0.1) is 45.1 Å². The molecule has 0 unspecified atom stereocenters. The van der Waals surface area contributed by atoms with Gasteiger partial charge in [-0.1, -0.05) is 186 Å².